The fourth-order valence-corrected chi connectivity index (χ4v) is 5.36. The van der Waals surface area contributed by atoms with E-state index in [1.807, 2.05) is 13.0 Å². The van der Waals surface area contributed by atoms with E-state index in [4.69, 9.17) is 27.9 Å². The number of amides is 3. The molecular weight excluding hydrogens is 621 g/mol. The molecule has 0 heterocycles. The van der Waals surface area contributed by atoms with Crippen molar-refractivity contribution in [1.82, 2.24) is 5.32 Å². The number of rotatable bonds is 11. The minimum atomic E-state index is -0.587. The lowest BCUT2D eigenvalue weighted by atomic mass is 10.1. The first-order chi connectivity index (χ1) is 21.2. The van der Waals surface area contributed by atoms with Crippen LogP contribution in [0.1, 0.15) is 29.3 Å². The summed E-state index contributed by atoms with van der Waals surface area (Å²) in [4.78, 5) is 40.3. The fourth-order valence-electron chi connectivity index (χ4n) is 4.05. The van der Waals surface area contributed by atoms with Gasteiger partial charge in [0.05, 0.1) is 22.4 Å². The van der Waals surface area contributed by atoms with E-state index in [0.29, 0.717) is 44.7 Å². The van der Waals surface area contributed by atoms with Gasteiger partial charge >= 0.3 is 0 Å². The van der Waals surface area contributed by atoms with Crippen LogP contribution in [0.4, 0.5) is 11.4 Å². The van der Waals surface area contributed by atoms with E-state index in [1.165, 1.54) is 37.1 Å². The van der Waals surface area contributed by atoms with Gasteiger partial charge in [-0.3, -0.25) is 14.4 Å². The quantitative estimate of drug-likeness (QED) is 0.0980. The van der Waals surface area contributed by atoms with Gasteiger partial charge in [0.25, 0.3) is 11.8 Å². The van der Waals surface area contributed by atoms with E-state index in [9.17, 15) is 19.5 Å². The van der Waals surface area contributed by atoms with E-state index < -0.39 is 17.1 Å². The summed E-state index contributed by atoms with van der Waals surface area (Å²) in [6.45, 7) is 1.90. The maximum atomic E-state index is 13.5. The number of phenolic OH excluding ortho intramolecular Hbond substituents is 1. The van der Waals surface area contributed by atoms with Gasteiger partial charge in [0.1, 0.15) is 17.2 Å². The van der Waals surface area contributed by atoms with E-state index in [1.54, 1.807) is 72.8 Å². The minimum Gasteiger partial charge on any atom is -0.508 e. The van der Waals surface area contributed by atoms with Crippen molar-refractivity contribution in [1.29, 1.82) is 0 Å². The monoisotopic (exact) mass is 649 g/mol. The van der Waals surface area contributed by atoms with Crippen molar-refractivity contribution in [3.8, 4) is 11.5 Å². The van der Waals surface area contributed by atoms with Crippen molar-refractivity contribution in [3.05, 3.63) is 118 Å². The highest BCUT2D eigenvalue weighted by Gasteiger charge is 2.20. The van der Waals surface area contributed by atoms with Crippen molar-refractivity contribution in [2.45, 2.75) is 23.5 Å². The average molecular weight is 651 g/mol. The molecule has 0 aliphatic heterocycles. The molecule has 0 saturated heterocycles. The van der Waals surface area contributed by atoms with Crippen LogP contribution in [-0.2, 0) is 9.59 Å². The molecule has 0 spiro atoms. The minimum absolute atomic E-state index is 0.0105. The summed E-state index contributed by atoms with van der Waals surface area (Å²) in [7, 11) is 1.44. The lowest BCUT2D eigenvalue weighted by molar-refractivity contribution is -0.116. The second-order valence-electron chi connectivity index (χ2n) is 9.42. The highest BCUT2D eigenvalue weighted by atomic mass is 35.5. The van der Waals surface area contributed by atoms with Crippen LogP contribution in [-0.4, -0.2) is 35.2 Å². The predicted molar refractivity (Wildman–Crippen MR) is 177 cm³/mol. The summed E-state index contributed by atoms with van der Waals surface area (Å²) in [5.74, 6) is -0.970. The Labute approximate surface area is 269 Å². The van der Waals surface area contributed by atoms with E-state index in [0.717, 1.165) is 4.90 Å². The molecule has 226 valence electrons. The maximum Gasteiger partial charge on any atom is 0.272 e. The number of aromatic hydroxyl groups is 1. The summed E-state index contributed by atoms with van der Waals surface area (Å²) < 4.78 is 5.35. The van der Waals surface area contributed by atoms with Crippen LogP contribution < -0.4 is 20.7 Å². The van der Waals surface area contributed by atoms with Crippen molar-refractivity contribution in [2.24, 2.45) is 0 Å². The molecule has 0 radical (unpaired) electrons. The highest BCUT2D eigenvalue weighted by Crippen LogP contribution is 2.31. The van der Waals surface area contributed by atoms with Gasteiger partial charge in [-0.1, -0.05) is 54.4 Å². The molecule has 0 aliphatic rings. The number of ether oxygens (including phenoxy) is 1. The van der Waals surface area contributed by atoms with E-state index in [-0.39, 0.29) is 17.4 Å². The van der Waals surface area contributed by atoms with Crippen molar-refractivity contribution < 1.29 is 24.2 Å². The molecule has 4 aromatic carbocycles. The number of carbonyl (C=O) groups is 3. The van der Waals surface area contributed by atoms with Crippen LogP contribution in [0.3, 0.4) is 0 Å². The van der Waals surface area contributed by atoms with Crippen LogP contribution in [0.15, 0.2) is 102 Å². The van der Waals surface area contributed by atoms with Crippen LogP contribution >= 0.6 is 35.0 Å². The van der Waals surface area contributed by atoms with Gasteiger partial charge in [0, 0.05) is 33.5 Å². The number of methoxy groups -OCH3 is 1. The van der Waals surface area contributed by atoms with Crippen LogP contribution in [0, 0.1) is 0 Å². The summed E-state index contributed by atoms with van der Waals surface area (Å²) >= 11 is 13.4. The zero-order chi connectivity index (χ0) is 31.6. The largest absolute Gasteiger partial charge is 0.508 e. The number of hydrogen-bond acceptors (Lipinski definition) is 6. The van der Waals surface area contributed by atoms with Gasteiger partial charge in [0.2, 0.25) is 5.91 Å². The fraction of sp³-hybridized carbons (Fsp3) is 0.121. The number of phenols is 1. The number of halogens is 2. The third kappa shape index (κ3) is 8.79. The number of nitrogens with one attached hydrogen (secondary N) is 3. The van der Waals surface area contributed by atoms with Crippen LogP contribution in [0.5, 0.6) is 11.5 Å². The molecule has 0 fully saturated rings. The average Bonchev–Trinajstić information content (AvgIpc) is 3.02. The second-order valence-corrected chi connectivity index (χ2v) is 11.5. The first kappa shape index (κ1) is 32.5. The Balaban J connectivity index is 1.53. The van der Waals surface area contributed by atoms with E-state index in [2.05, 4.69) is 16.0 Å². The third-order valence-electron chi connectivity index (χ3n) is 6.27. The Morgan fingerprint density at radius 2 is 1.64 bits per heavy atom. The molecule has 0 aromatic heterocycles. The summed E-state index contributed by atoms with van der Waals surface area (Å²) in [5.41, 5.74) is 1.77. The Hall–Kier alpha value is -4.44. The molecule has 0 aliphatic carbocycles. The zero-order valence-electron chi connectivity index (χ0n) is 23.8. The molecule has 4 aromatic rings. The molecule has 4 N–H and O–H groups in total. The van der Waals surface area contributed by atoms with Gasteiger partial charge < -0.3 is 25.8 Å². The molecule has 3 amide bonds. The second kappa shape index (κ2) is 15.3. The molecule has 11 heteroatoms. The molecule has 0 saturated carbocycles. The Bertz CT molecular complexity index is 1700. The van der Waals surface area contributed by atoms with Gasteiger partial charge in [-0.2, -0.15) is 0 Å². The SMILES string of the molecule is CCC(Sc1cccc(NC(=O)/C(=C\c2ccc(O)cc2OC)NC(=O)c2ccccc2)c1)C(=O)Nc1ccc(Cl)c(Cl)c1. The topological polar surface area (TPSA) is 117 Å². The van der Waals surface area contributed by atoms with Crippen molar-refractivity contribution in [2.75, 3.05) is 17.7 Å². The van der Waals surface area contributed by atoms with Gasteiger partial charge in [-0.05, 0) is 73.2 Å². The Morgan fingerprint density at radius 1 is 0.886 bits per heavy atom. The third-order valence-corrected chi connectivity index (χ3v) is 8.36. The highest BCUT2D eigenvalue weighted by molar-refractivity contribution is 8.00. The van der Waals surface area contributed by atoms with E-state index >= 15 is 0 Å². The zero-order valence-corrected chi connectivity index (χ0v) is 26.1. The molecule has 8 nitrogen and oxygen atoms in total. The normalized spacial score (nSPS) is 11.8. The first-order valence-corrected chi connectivity index (χ1v) is 15.1. The summed E-state index contributed by atoms with van der Waals surface area (Å²) in [6, 6.07) is 24.8. The predicted octanol–water partition coefficient (Wildman–Crippen LogP) is 7.63. The molecule has 4 rings (SSSR count). The first-order valence-electron chi connectivity index (χ1n) is 13.5. The Kier molecular flexibility index (Phi) is 11.3. The smallest absolute Gasteiger partial charge is 0.272 e. The van der Waals surface area contributed by atoms with Crippen LogP contribution in [0.2, 0.25) is 10.0 Å². The summed E-state index contributed by atoms with van der Waals surface area (Å²) in [5, 5.41) is 18.5. The lowest BCUT2D eigenvalue weighted by Crippen LogP contribution is -2.30. The number of thioether (sulfide) groups is 1. The number of benzene rings is 4. The molecule has 1 atom stereocenters. The standard InChI is InChI=1S/C33H29Cl2N3O5S/c1-3-30(33(42)37-23-13-15-26(34)27(35)18-23)44-25-11-7-10-22(17-25)36-32(41)28(38-31(40)20-8-5-4-6-9-20)16-21-12-14-24(39)19-29(21)43-2/h4-19,30,39H,3H2,1-2H3,(H,36,41)(H,37,42)(H,38,40)/b28-16+. The molecular formula is C33H29Cl2N3O5S. The van der Waals surface area contributed by atoms with Gasteiger partial charge in [0.15, 0.2) is 0 Å². The van der Waals surface area contributed by atoms with Crippen LogP contribution in [0.25, 0.3) is 6.08 Å². The van der Waals surface area contributed by atoms with Crippen molar-refractivity contribution >= 4 is 70.1 Å². The number of carbonyl (C=O) groups excluding carboxylic acids is 3. The number of hydrogen-bond donors (Lipinski definition) is 4. The van der Waals surface area contributed by atoms with Gasteiger partial charge in [-0.25, -0.2) is 0 Å². The summed E-state index contributed by atoms with van der Waals surface area (Å²) in [6.07, 6.45) is 2.01. The number of anilines is 2. The molecule has 44 heavy (non-hydrogen) atoms. The molecule has 1 unspecified atom stereocenters. The van der Waals surface area contributed by atoms with Gasteiger partial charge in [-0.15, -0.1) is 11.8 Å². The lowest BCUT2D eigenvalue weighted by Gasteiger charge is -2.16. The van der Waals surface area contributed by atoms with Crippen molar-refractivity contribution in [3.63, 3.8) is 0 Å². The Morgan fingerprint density at radius 3 is 2.34 bits per heavy atom. The maximum absolute atomic E-state index is 13.5. The molecule has 0 bridgehead atoms.